The van der Waals surface area contributed by atoms with Gasteiger partial charge in [0, 0.05) is 12.2 Å². The fourth-order valence-electron chi connectivity index (χ4n) is 2.94. The standard InChI is InChI=1S/C15H25N3O/c1-11(2)18-8-6-13(17-18)9-14(19)15(16)7-4-5-12(3)10-15/h6,8,11-12H,4-5,7,9-10,16H2,1-3H3. The predicted molar refractivity (Wildman–Crippen MR) is 75.9 cm³/mol. The van der Waals surface area contributed by atoms with Crippen molar-refractivity contribution < 1.29 is 4.79 Å². The first-order valence-electron chi connectivity index (χ1n) is 7.27. The molecule has 1 aromatic rings. The van der Waals surface area contributed by atoms with E-state index in [0.717, 1.165) is 25.0 Å². The molecule has 0 saturated heterocycles. The van der Waals surface area contributed by atoms with Crippen molar-refractivity contribution in [1.82, 2.24) is 9.78 Å². The highest BCUT2D eigenvalue weighted by Crippen LogP contribution is 2.31. The predicted octanol–water partition coefficient (Wildman–Crippen LogP) is 2.48. The number of aromatic nitrogens is 2. The van der Waals surface area contributed by atoms with Crippen molar-refractivity contribution in [3.8, 4) is 0 Å². The Kier molecular flexibility index (Phi) is 4.09. The summed E-state index contributed by atoms with van der Waals surface area (Å²) in [6.07, 6.45) is 6.18. The van der Waals surface area contributed by atoms with Crippen molar-refractivity contribution in [2.75, 3.05) is 0 Å². The Bertz CT molecular complexity index is 452. The third kappa shape index (κ3) is 3.24. The molecule has 0 spiro atoms. The number of nitrogens with two attached hydrogens (primary N) is 1. The summed E-state index contributed by atoms with van der Waals surface area (Å²) < 4.78 is 1.88. The lowest BCUT2D eigenvalue weighted by atomic mass is 9.74. The Labute approximate surface area is 115 Å². The number of hydrogen-bond donors (Lipinski definition) is 1. The van der Waals surface area contributed by atoms with E-state index in [1.807, 2.05) is 16.9 Å². The SMILES string of the molecule is CC1CCCC(N)(C(=O)Cc2ccn(C(C)C)n2)C1. The molecule has 1 saturated carbocycles. The number of hydrogen-bond acceptors (Lipinski definition) is 3. The van der Waals surface area contributed by atoms with Crippen LogP contribution in [0, 0.1) is 5.92 Å². The van der Waals surface area contributed by atoms with Gasteiger partial charge in [0.25, 0.3) is 0 Å². The third-order valence-electron chi connectivity index (χ3n) is 4.12. The van der Waals surface area contributed by atoms with Crippen LogP contribution in [0.1, 0.15) is 58.2 Å². The fraction of sp³-hybridized carbons (Fsp3) is 0.733. The van der Waals surface area contributed by atoms with Crippen LogP contribution >= 0.6 is 0 Å². The van der Waals surface area contributed by atoms with Crippen LogP contribution in [-0.2, 0) is 11.2 Å². The van der Waals surface area contributed by atoms with Crippen LogP contribution in [0.4, 0.5) is 0 Å². The van der Waals surface area contributed by atoms with Gasteiger partial charge in [-0.05, 0) is 38.7 Å². The van der Waals surface area contributed by atoms with Crippen molar-refractivity contribution in [3.63, 3.8) is 0 Å². The number of nitrogens with zero attached hydrogens (tertiary/aromatic N) is 2. The molecule has 1 aliphatic carbocycles. The highest BCUT2D eigenvalue weighted by molar-refractivity contribution is 5.89. The van der Waals surface area contributed by atoms with Gasteiger partial charge in [0.05, 0.1) is 17.7 Å². The average Bonchev–Trinajstić information content (AvgIpc) is 2.77. The number of Topliss-reactive ketones (excluding diaryl/α,β-unsaturated/α-hetero) is 1. The molecule has 0 bridgehead atoms. The summed E-state index contributed by atoms with van der Waals surface area (Å²) in [5.74, 6) is 0.698. The molecule has 1 aromatic heterocycles. The zero-order valence-electron chi connectivity index (χ0n) is 12.2. The van der Waals surface area contributed by atoms with E-state index in [-0.39, 0.29) is 5.78 Å². The maximum atomic E-state index is 12.4. The molecule has 2 N–H and O–H groups in total. The largest absolute Gasteiger partial charge is 0.319 e. The molecule has 1 fully saturated rings. The monoisotopic (exact) mass is 263 g/mol. The average molecular weight is 263 g/mol. The van der Waals surface area contributed by atoms with Crippen LogP contribution in [0.25, 0.3) is 0 Å². The second-order valence-electron chi connectivity index (χ2n) is 6.34. The Balaban J connectivity index is 2.03. The lowest BCUT2D eigenvalue weighted by Crippen LogP contribution is -2.51. The van der Waals surface area contributed by atoms with Gasteiger partial charge in [0.15, 0.2) is 5.78 Å². The smallest absolute Gasteiger partial charge is 0.158 e. The Morgan fingerprint density at radius 3 is 2.95 bits per heavy atom. The maximum absolute atomic E-state index is 12.4. The van der Waals surface area contributed by atoms with Gasteiger partial charge >= 0.3 is 0 Å². The van der Waals surface area contributed by atoms with Gasteiger partial charge in [0.2, 0.25) is 0 Å². The first-order valence-corrected chi connectivity index (χ1v) is 7.27. The molecule has 2 atom stereocenters. The van der Waals surface area contributed by atoms with Gasteiger partial charge in [-0.2, -0.15) is 5.10 Å². The van der Waals surface area contributed by atoms with Gasteiger partial charge < -0.3 is 5.73 Å². The van der Waals surface area contributed by atoms with Gasteiger partial charge in [-0.1, -0.05) is 19.8 Å². The van der Waals surface area contributed by atoms with Crippen LogP contribution in [0.15, 0.2) is 12.3 Å². The summed E-state index contributed by atoms with van der Waals surface area (Å²) in [5, 5.41) is 4.43. The van der Waals surface area contributed by atoms with Gasteiger partial charge in [0.1, 0.15) is 0 Å². The molecule has 0 amide bonds. The Morgan fingerprint density at radius 2 is 2.37 bits per heavy atom. The summed E-state index contributed by atoms with van der Waals surface area (Å²) in [7, 11) is 0. The molecular weight excluding hydrogens is 238 g/mol. The first-order chi connectivity index (χ1) is 8.90. The van der Waals surface area contributed by atoms with Crippen molar-refractivity contribution in [1.29, 1.82) is 0 Å². The maximum Gasteiger partial charge on any atom is 0.158 e. The van der Waals surface area contributed by atoms with Gasteiger partial charge in [-0.15, -0.1) is 0 Å². The van der Waals surface area contributed by atoms with Crippen LogP contribution in [0.3, 0.4) is 0 Å². The van der Waals surface area contributed by atoms with E-state index in [9.17, 15) is 4.79 Å². The van der Waals surface area contributed by atoms with E-state index in [0.29, 0.717) is 18.4 Å². The van der Waals surface area contributed by atoms with E-state index in [1.54, 1.807) is 0 Å². The van der Waals surface area contributed by atoms with Crippen molar-refractivity contribution in [2.24, 2.45) is 11.7 Å². The molecular formula is C15H25N3O. The third-order valence-corrected chi connectivity index (χ3v) is 4.12. The van der Waals surface area contributed by atoms with E-state index in [1.165, 1.54) is 6.42 Å². The second kappa shape index (κ2) is 5.45. The van der Waals surface area contributed by atoms with E-state index < -0.39 is 5.54 Å². The summed E-state index contributed by atoms with van der Waals surface area (Å²) >= 11 is 0. The van der Waals surface area contributed by atoms with E-state index >= 15 is 0 Å². The van der Waals surface area contributed by atoms with E-state index in [4.69, 9.17) is 5.73 Å². The molecule has 106 valence electrons. The number of ketones is 1. The quantitative estimate of drug-likeness (QED) is 0.907. The minimum Gasteiger partial charge on any atom is -0.319 e. The molecule has 0 aromatic carbocycles. The Morgan fingerprint density at radius 1 is 1.63 bits per heavy atom. The molecule has 2 unspecified atom stereocenters. The van der Waals surface area contributed by atoms with Crippen molar-refractivity contribution >= 4 is 5.78 Å². The normalized spacial score (nSPS) is 27.7. The minimum atomic E-state index is -0.626. The summed E-state index contributed by atoms with van der Waals surface area (Å²) in [6.45, 7) is 6.33. The van der Waals surface area contributed by atoms with E-state index in [2.05, 4.69) is 25.9 Å². The lowest BCUT2D eigenvalue weighted by molar-refractivity contribution is -0.125. The van der Waals surface area contributed by atoms with Crippen molar-refractivity contribution in [2.45, 2.75) is 64.5 Å². The zero-order chi connectivity index (χ0) is 14.0. The van der Waals surface area contributed by atoms with Gasteiger partial charge in [-0.25, -0.2) is 0 Å². The van der Waals surface area contributed by atoms with Gasteiger partial charge in [-0.3, -0.25) is 9.48 Å². The summed E-state index contributed by atoms with van der Waals surface area (Å²) in [5.41, 5.74) is 6.53. The second-order valence-corrected chi connectivity index (χ2v) is 6.34. The van der Waals surface area contributed by atoms with Crippen LogP contribution in [0.2, 0.25) is 0 Å². The molecule has 4 nitrogen and oxygen atoms in total. The first kappa shape index (κ1) is 14.3. The van der Waals surface area contributed by atoms with Crippen LogP contribution < -0.4 is 5.73 Å². The lowest BCUT2D eigenvalue weighted by Gasteiger charge is -2.35. The molecule has 19 heavy (non-hydrogen) atoms. The highest BCUT2D eigenvalue weighted by atomic mass is 16.1. The number of carbonyl (C=O) groups is 1. The molecule has 1 aliphatic rings. The van der Waals surface area contributed by atoms with Crippen LogP contribution in [0.5, 0.6) is 0 Å². The molecule has 0 aliphatic heterocycles. The zero-order valence-corrected chi connectivity index (χ0v) is 12.2. The highest BCUT2D eigenvalue weighted by Gasteiger charge is 2.37. The number of carbonyl (C=O) groups excluding carboxylic acids is 1. The molecule has 2 rings (SSSR count). The summed E-state index contributed by atoms with van der Waals surface area (Å²) in [6, 6.07) is 2.25. The van der Waals surface area contributed by atoms with Crippen molar-refractivity contribution in [3.05, 3.63) is 18.0 Å². The molecule has 4 heteroatoms. The molecule has 0 radical (unpaired) electrons. The topological polar surface area (TPSA) is 60.9 Å². The number of rotatable bonds is 4. The Hall–Kier alpha value is -1.16. The minimum absolute atomic E-state index is 0.146. The summed E-state index contributed by atoms with van der Waals surface area (Å²) in [4.78, 5) is 12.4. The fourth-order valence-corrected chi connectivity index (χ4v) is 2.94. The van der Waals surface area contributed by atoms with Crippen LogP contribution in [-0.4, -0.2) is 21.1 Å². The molecule has 1 heterocycles.